The summed E-state index contributed by atoms with van der Waals surface area (Å²) in [4.78, 5) is 42.7. The highest BCUT2D eigenvalue weighted by molar-refractivity contribution is 6.30. The van der Waals surface area contributed by atoms with Gasteiger partial charge in [-0.05, 0) is 74.7 Å². The summed E-state index contributed by atoms with van der Waals surface area (Å²) in [5, 5.41) is 16.1. The molecule has 3 heterocycles. The Labute approximate surface area is 226 Å². The molecule has 38 heavy (non-hydrogen) atoms. The molecule has 10 heteroatoms. The lowest BCUT2D eigenvalue weighted by molar-refractivity contribution is -0.144. The first kappa shape index (κ1) is 26.5. The number of hydrogen-bond acceptors (Lipinski definition) is 6. The van der Waals surface area contributed by atoms with Gasteiger partial charge in [-0.25, -0.2) is 0 Å². The molecule has 3 N–H and O–H groups in total. The van der Waals surface area contributed by atoms with Gasteiger partial charge >= 0.3 is 0 Å². The van der Waals surface area contributed by atoms with Crippen molar-refractivity contribution in [2.75, 3.05) is 30.4 Å². The van der Waals surface area contributed by atoms with Gasteiger partial charge in [-0.2, -0.15) is 0 Å². The van der Waals surface area contributed by atoms with Crippen LogP contribution in [0, 0.1) is 11.8 Å². The SMILES string of the molecule is CCOc1ccc(NC(=O)[C@@H]2[C@H]3C(=O)N(CCO)C(C(=O)Nc4ccc(Cl)cc4)C34CC[C@@]2(CC)O4)cc1. The van der Waals surface area contributed by atoms with Crippen molar-refractivity contribution in [1.29, 1.82) is 0 Å². The van der Waals surface area contributed by atoms with Crippen LogP contribution in [0.1, 0.15) is 33.1 Å². The fraction of sp³-hybridized carbons (Fsp3) is 0.464. The molecule has 2 aromatic rings. The first-order valence-electron chi connectivity index (χ1n) is 13.0. The number of hydrogen-bond donors (Lipinski definition) is 3. The average Bonchev–Trinajstić information content (AvgIpc) is 3.51. The quantitative estimate of drug-likeness (QED) is 0.447. The molecule has 2 unspecified atom stereocenters. The number of fused-ring (bicyclic) bond motifs is 1. The van der Waals surface area contributed by atoms with E-state index in [-0.39, 0.29) is 25.0 Å². The molecule has 5 rings (SSSR count). The molecule has 202 valence electrons. The number of halogens is 1. The number of ether oxygens (including phenoxy) is 2. The molecule has 0 saturated carbocycles. The van der Waals surface area contributed by atoms with Gasteiger partial charge in [0.2, 0.25) is 17.7 Å². The van der Waals surface area contributed by atoms with Crippen LogP contribution in [0.3, 0.4) is 0 Å². The van der Waals surface area contributed by atoms with Crippen molar-refractivity contribution in [2.24, 2.45) is 11.8 Å². The van der Waals surface area contributed by atoms with Crippen LogP contribution in [0.5, 0.6) is 5.75 Å². The van der Waals surface area contributed by atoms with E-state index in [9.17, 15) is 19.5 Å². The van der Waals surface area contributed by atoms with Gasteiger partial charge in [0.15, 0.2) is 0 Å². The Hall–Kier alpha value is -3.14. The van der Waals surface area contributed by atoms with Crippen LogP contribution in [0.2, 0.25) is 5.02 Å². The van der Waals surface area contributed by atoms with Gasteiger partial charge in [-0.3, -0.25) is 14.4 Å². The Morgan fingerprint density at radius 2 is 1.68 bits per heavy atom. The van der Waals surface area contributed by atoms with E-state index < -0.39 is 35.0 Å². The second-order valence-electron chi connectivity index (χ2n) is 10.0. The lowest BCUT2D eigenvalue weighted by Gasteiger charge is -2.33. The molecule has 3 fully saturated rings. The lowest BCUT2D eigenvalue weighted by atomic mass is 9.65. The Balaban J connectivity index is 1.46. The highest BCUT2D eigenvalue weighted by Crippen LogP contribution is 2.64. The van der Waals surface area contributed by atoms with Gasteiger partial charge < -0.3 is 30.1 Å². The normalized spacial score (nSPS) is 29.3. The standard InChI is InChI=1S/C28H32ClN3O6/c1-3-27-13-14-28(38-27)22(21(27)24(34)30-19-9-11-20(12-10-19)37-4-2)26(36)32(15-16-33)23(28)25(35)31-18-7-5-17(29)6-8-18/h5-12,21-23,33H,3-4,13-16H2,1-2H3,(H,30,34)(H,31,35)/t21-,22-,23?,27+,28?/m0/s1. The summed E-state index contributed by atoms with van der Waals surface area (Å²) >= 11 is 5.98. The van der Waals surface area contributed by atoms with Gasteiger partial charge in [0.25, 0.3) is 0 Å². The summed E-state index contributed by atoms with van der Waals surface area (Å²) in [6, 6.07) is 12.7. The van der Waals surface area contributed by atoms with Crippen LogP contribution < -0.4 is 15.4 Å². The van der Waals surface area contributed by atoms with Crippen LogP contribution in [0.25, 0.3) is 0 Å². The predicted molar refractivity (Wildman–Crippen MR) is 142 cm³/mol. The number of benzene rings is 2. The summed E-state index contributed by atoms with van der Waals surface area (Å²) in [5.74, 6) is -2.02. The minimum Gasteiger partial charge on any atom is -0.494 e. The monoisotopic (exact) mass is 541 g/mol. The molecule has 1 spiro atoms. The zero-order valence-corrected chi connectivity index (χ0v) is 22.2. The van der Waals surface area contributed by atoms with Crippen molar-refractivity contribution in [2.45, 2.75) is 50.4 Å². The number of carbonyl (C=O) groups excluding carboxylic acids is 3. The number of likely N-dealkylation sites (tertiary alicyclic amines) is 1. The van der Waals surface area contributed by atoms with Crippen molar-refractivity contribution < 1.29 is 29.0 Å². The van der Waals surface area contributed by atoms with Crippen molar-refractivity contribution in [3.63, 3.8) is 0 Å². The van der Waals surface area contributed by atoms with E-state index in [1.807, 2.05) is 13.8 Å². The van der Waals surface area contributed by atoms with Crippen molar-refractivity contribution in [3.8, 4) is 5.75 Å². The van der Waals surface area contributed by atoms with Gasteiger partial charge in [0.1, 0.15) is 17.4 Å². The molecule has 5 atom stereocenters. The molecule has 0 radical (unpaired) electrons. The van der Waals surface area contributed by atoms with E-state index >= 15 is 0 Å². The number of rotatable bonds is 9. The van der Waals surface area contributed by atoms with Crippen LogP contribution in [-0.4, -0.2) is 64.7 Å². The maximum absolute atomic E-state index is 13.9. The summed E-state index contributed by atoms with van der Waals surface area (Å²) in [5.41, 5.74) is -0.922. The molecule has 2 bridgehead atoms. The number of aliphatic hydroxyl groups is 1. The molecule has 2 aromatic carbocycles. The molecule has 9 nitrogen and oxygen atoms in total. The molecule has 3 saturated heterocycles. The van der Waals surface area contributed by atoms with Crippen molar-refractivity contribution in [3.05, 3.63) is 53.6 Å². The summed E-state index contributed by atoms with van der Waals surface area (Å²) in [6.45, 7) is 4.02. The fourth-order valence-electron chi connectivity index (χ4n) is 6.53. The highest BCUT2D eigenvalue weighted by atomic mass is 35.5. The first-order valence-corrected chi connectivity index (χ1v) is 13.4. The number of amides is 3. The molecule has 0 aromatic heterocycles. The Bertz CT molecular complexity index is 1220. The summed E-state index contributed by atoms with van der Waals surface area (Å²) < 4.78 is 12.2. The fourth-order valence-corrected chi connectivity index (χ4v) is 6.66. The minimum atomic E-state index is -1.17. The second-order valence-corrected chi connectivity index (χ2v) is 10.5. The van der Waals surface area contributed by atoms with Gasteiger partial charge in [-0.1, -0.05) is 18.5 Å². The van der Waals surface area contributed by atoms with E-state index in [1.54, 1.807) is 48.5 Å². The third-order valence-corrected chi connectivity index (χ3v) is 8.35. The predicted octanol–water partition coefficient (Wildman–Crippen LogP) is 3.46. The number of nitrogens with one attached hydrogen (secondary N) is 2. The number of aliphatic hydroxyl groups excluding tert-OH is 1. The van der Waals surface area contributed by atoms with Gasteiger partial charge in [-0.15, -0.1) is 0 Å². The third-order valence-electron chi connectivity index (χ3n) is 8.10. The Kier molecular flexibility index (Phi) is 7.11. The van der Waals surface area contributed by atoms with E-state index in [2.05, 4.69) is 10.6 Å². The molecule has 0 aliphatic carbocycles. The third kappa shape index (κ3) is 4.22. The first-order chi connectivity index (χ1) is 18.3. The Morgan fingerprint density at radius 1 is 1.05 bits per heavy atom. The van der Waals surface area contributed by atoms with E-state index in [0.29, 0.717) is 48.0 Å². The lowest BCUT2D eigenvalue weighted by Crippen LogP contribution is -2.53. The van der Waals surface area contributed by atoms with Crippen LogP contribution in [0.15, 0.2) is 48.5 Å². The minimum absolute atomic E-state index is 0.0362. The maximum Gasteiger partial charge on any atom is 0.250 e. The summed E-state index contributed by atoms with van der Waals surface area (Å²) in [7, 11) is 0. The van der Waals surface area contributed by atoms with Gasteiger partial charge in [0, 0.05) is 22.9 Å². The van der Waals surface area contributed by atoms with Crippen LogP contribution in [-0.2, 0) is 19.1 Å². The Morgan fingerprint density at radius 3 is 2.29 bits per heavy atom. The molecule has 3 aliphatic rings. The zero-order chi connectivity index (χ0) is 27.1. The van der Waals surface area contributed by atoms with E-state index in [4.69, 9.17) is 21.1 Å². The highest BCUT2D eigenvalue weighted by Gasteiger charge is 2.78. The number of β-amino-alcohol motifs (C(OH)–C–C–N with tert-alkyl or cyclic N) is 1. The largest absolute Gasteiger partial charge is 0.494 e. The maximum atomic E-state index is 13.9. The zero-order valence-electron chi connectivity index (χ0n) is 21.4. The smallest absolute Gasteiger partial charge is 0.250 e. The van der Waals surface area contributed by atoms with E-state index in [0.717, 1.165) is 0 Å². The number of nitrogens with zero attached hydrogens (tertiary/aromatic N) is 1. The van der Waals surface area contributed by atoms with Crippen LogP contribution >= 0.6 is 11.6 Å². The molecule has 3 aliphatic heterocycles. The topological polar surface area (TPSA) is 117 Å². The molecular weight excluding hydrogens is 510 g/mol. The number of carbonyl (C=O) groups is 3. The summed E-state index contributed by atoms with van der Waals surface area (Å²) in [6.07, 6.45) is 1.53. The van der Waals surface area contributed by atoms with Crippen molar-refractivity contribution in [1.82, 2.24) is 4.90 Å². The van der Waals surface area contributed by atoms with E-state index in [1.165, 1.54) is 4.90 Å². The van der Waals surface area contributed by atoms with Crippen LogP contribution in [0.4, 0.5) is 11.4 Å². The average molecular weight is 542 g/mol. The molecular formula is C28H32ClN3O6. The second kappa shape index (κ2) is 10.2. The molecule has 3 amide bonds. The van der Waals surface area contributed by atoms with Crippen molar-refractivity contribution >= 4 is 40.7 Å². The number of anilines is 2. The van der Waals surface area contributed by atoms with Gasteiger partial charge in [0.05, 0.1) is 30.7 Å².